The lowest BCUT2D eigenvalue weighted by Gasteiger charge is -2.10. The van der Waals surface area contributed by atoms with Gasteiger partial charge in [0.05, 0.1) is 17.4 Å². The number of amides is 1. The SMILES string of the molecule is O=C(NOCC(F)(F)F)C1CCS(=O)(=O)C1. The Kier molecular flexibility index (Phi) is 3.79. The highest BCUT2D eigenvalue weighted by Gasteiger charge is 2.34. The number of rotatable bonds is 3. The molecule has 16 heavy (non-hydrogen) atoms. The summed E-state index contributed by atoms with van der Waals surface area (Å²) in [7, 11) is -3.23. The van der Waals surface area contributed by atoms with Gasteiger partial charge in [0.2, 0.25) is 5.91 Å². The molecule has 1 N–H and O–H groups in total. The zero-order chi connectivity index (χ0) is 12.4. The van der Waals surface area contributed by atoms with Gasteiger partial charge in [0, 0.05) is 0 Å². The number of carbonyl (C=O) groups is 1. The number of alkyl halides is 3. The molecule has 1 heterocycles. The molecule has 1 rings (SSSR count). The van der Waals surface area contributed by atoms with E-state index in [-0.39, 0.29) is 17.9 Å². The molecular weight excluding hydrogens is 251 g/mol. The zero-order valence-corrected chi connectivity index (χ0v) is 8.90. The molecule has 1 atom stereocenters. The summed E-state index contributed by atoms with van der Waals surface area (Å²) in [5.41, 5.74) is 1.60. The molecule has 1 unspecified atom stereocenters. The van der Waals surface area contributed by atoms with Gasteiger partial charge in [-0.2, -0.15) is 13.2 Å². The van der Waals surface area contributed by atoms with Crippen molar-refractivity contribution in [2.45, 2.75) is 12.6 Å². The van der Waals surface area contributed by atoms with Crippen molar-refractivity contribution in [2.24, 2.45) is 5.92 Å². The van der Waals surface area contributed by atoms with E-state index in [9.17, 15) is 26.4 Å². The Bertz CT molecular complexity index is 364. The van der Waals surface area contributed by atoms with Crippen molar-refractivity contribution in [3.05, 3.63) is 0 Å². The van der Waals surface area contributed by atoms with E-state index in [1.54, 1.807) is 5.48 Å². The number of carbonyl (C=O) groups excluding carboxylic acids is 1. The van der Waals surface area contributed by atoms with Crippen LogP contribution in [0.4, 0.5) is 13.2 Å². The number of hydroxylamine groups is 1. The van der Waals surface area contributed by atoms with Crippen molar-refractivity contribution in [3.8, 4) is 0 Å². The summed E-state index contributed by atoms with van der Waals surface area (Å²) in [5, 5.41) is 0. The lowest BCUT2D eigenvalue weighted by Crippen LogP contribution is -2.34. The van der Waals surface area contributed by atoms with Gasteiger partial charge in [0.25, 0.3) is 0 Å². The normalized spacial score (nSPS) is 24.3. The Morgan fingerprint density at radius 3 is 2.50 bits per heavy atom. The fourth-order valence-corrected chi connectivity index (χ4v) is 3.02. The number of halogens is 3. The second-order valence-electron chi connectivity index (χ2n) is 3.47. The first kappa shape index (κ1) is 13.2. The number of hydrogen-bond acceptors (Lipinski definition) is 4. The van der Waals surface area contributed by atoms with Gasteiger partial charge in [-0.05, 0) is 6.42 Å². The summed E-state index contributed by atoms with van der Waals surface area (Å²) < 4.78 is 56.9. The summed E-state index contributed by atoms with van der Waals surface area (Å²) in [6.07, 6.45) is -4.42. The van der Waals surface area contributed by atoms with E-state index in [1.807, 2.05) is 0 Å². The van der Waals surface area contributed by atoms with E-state index in [2.05, 4.69) is 4.84 Å². The van der Waals surface area contributed by atoms with Crippen LogP contribution in [0.25, 0.3) is 0 Å². The van der Waals surface area contributed by atoms with Gasteiger partial charge in [-0.15, -0.1) is 0 Å². The molecule has 0 aromatic heterocycles. The van der Waals surface area contributed by atoms with Crippen LogP contribution in [-0.4, -0.2) is 38.6 Å². The summed E-state index contributed by atoms with van der Waals surface area (Å²) in [6, 6.07) is 0. The van der Waals surface area contributed by atoms with Gasteiger partial charge in [-0.1, -0.05) is 0 Å². The van der Waals surface area contributed by atoms with Crippen molar-refractivity contribution in [1.82, 2.24) is 5.48 Å². The van der Waals surface area contributed by atoms with Gasteiger partial charge < -0.3 is 0 Å². The first-order valence-corrected chi connectivity index (χ1v) is 6.20. The van der Waals surface area contributed by atoms with E-state index in [4.69, 9.17) is 0 Å². The Balaban J connectivity index is 2.32. The van der Waals surface area contributed by atoms with Crippen LogP contribution in [0, 0.1) is 5.92 Å². The summed E-state index contributed by atoms with van der Waals surface area (Å²) in [4.78, 5) is 15.1. The van der Waals surface area contributed by atoms with Gasteiger partial charge in [-0.3, -0.25) is 9.63 Å². The molecule has 0 aromatic carbocycles. The van der Waals surface area contributed by atoms with Crippen LogP contribution in [0.5, 0.6) is 0 Å². The van der Waals surface area contributed by atoms with Gasteiger partial charge >= 0.3 is 6.18 Å². The van der Waals surface area contributed by atoms with Gasteiger partial charge in [0.1, 0.15) is 0 Å². The highest BCUT2D eigenvalue weighted by Crippen LogP contribution is 2.18. The maximum atomic E-state index is 11.6. The Hall–Kier alpha value is -0.830. The highest BCUT2D eigenvalue weighted by molar-refractivity contribution is 7.91. The van der Waals surface area contributed by atoms with E-state index < -0.39 is 34.4 Å². The molecule has 1 amide bonds. The van der Waals surface area contributed by atoms with Gasteiger partial charge in [-0.25, -0.2) is 13.9 Å². The molecule has 1 saturated heterocycles. The second kappa shape index (κ2) is 4.58. The molecule has 0 spiro atoms. The summed E-state index contributed by atoms with van der Waals surface area (Å²) >= 11 is 0. The molecule has 94 valence electrons. The first-order chi connectivity index (χ1) is 7.20. The highest BCUT2D eigenvalue weighted by atomic mass is 32.2. The van der Waals surface area contributed by atoms with Crippen LogP contribution in [-0.2, 0) is 19.5 Å². The van der Waals surface area contributed by atoms with E-state index >= 15 is 0 Å². The third kappa shape index (κ3) is 4.35. The fourth-order valence-electron chi connectivity index (χ4n) is 1.27. The van der Waals surface area contributed by atoms with E-state index in [0.717, 1.165) is 0 Å². The predicted molar refractivity (Wildman–Crippen MR) is 46.9 cm³/mol. The lowest BCUT2D eigenvalue weighted by molar-refractivity contribution is -0.192. The van der Waals surface area contributed by atoms with E-state index in [0.29, 0.717) is 0 Å². The first-order valence-electron chi connectivity index (χ1n) is 4.38. The van der Waals surface area contributed by atoms with Crippen molar-refractivity contribution >= 4 is 15.7 Å². The number of nitrogens with one attached hydrogen (secondary N) is 1. The molecule has 0 aliphatic carbocycles. The van der Waals surface area contributed by atoms with Crippen LogP contribution >= 0.6 is 0 Å². The monoisotopic (exact) mass is 261 g/mol. The van der Waals surface area contributed by atoms with Crippen LogP contribution in [0.2, 0.25) is 0 Å². The average Bonchev–Trinajstić information content (AvgIpc) is 2.43. The third-order valence-corrected chi connectivity index (χ3v) is 3.78. The van der Waals surface area contributed by atoms with Crippen LogP contribution in [0.1, 0.15) is 6.42 Å². The molecular formula is C7H10F3NO4S. The molecule has 1 aliphatic heterocycles. The maximum Gasteiger partial charge on any atom is 0.414 e. The van der Waals surface area contributed by atoms with Gasteiger partial charge in [0.15, 0.2) is 16.4 Å². The lowest BCUT2D eigenvalue weighted by atomic mass is 10.1. The van der Waals surface area contributed by atoms with Crippen LogP contribution in [0.15, 0.2) is 0 Å². The second-order valence-corrected chi connectivity index (χ2v) is 5.70. The number of hydrogen-bond donors (Lipinski definition) is 1. The quantitative estimate of drug-likeness (QED) is 0.727. The zero-order valence-electron chi connectivity index (χ0n) is 8.08. The molecule has 5 nitrogen and oxygen atoms in total. The smallest absolute Gasteiger partial charge is 0.272 e. The average molecular weight is 261 g/mol. The minimum absolute atomic E-state index is 0.115. The molecule has 1 aliphatic rings. The standard InChI is InChI=1S/C7H10F3NO4S/c8-7(9,10)4-15-11-6(12)5-1-2-16(13,14)3-5/h5H,1-4H2,(H,11,12). The Labute approximate surface area is 89.8 Å². The molecule has 9 heteroatoms. The van der Waals surface area contributed by atoms with Crippen molar-refractivity contribution in [2.75, 3.05) is 18.1 Å². The summed E-state index contributed by atoms with van der Waals surface area (Å²) in [6.45, 7) is -1.60. The fraction of sp³-hybridized carbons (Fsp3) is 0.857. The molecule has 0 bridgehead atoms. The largest absolute Gasteiger partial charge is 0.414 e. The Morgan fingerprint density at radius 2 is 2.06 bits per heavy atom. The minimum Gasteiger partial charge on any atom is -0.272 e. The Morgan fingerprint density at radius 1 is 1.44 bits per heavy atom. The molecule has 0 radical (unpaired) electrons. The molecule has 0 aromatic rings. The van der Waals surface area contributed by atoms with Crippen molar-refractivity contribution in [3.63, 3.8) is 0 Å². The topological polar surface area (TPSA) is 72.5 Å². The molecule has 0 saturated carbocycles. The molecule has 1 fully saturated rings. The number of sulfone groups is 1. The van der Waals surface area contributed by atoms with Crippen LogP contribution < -0.4 is 5.48 Å². The third-order valence-electron chi connectivity index (χ3n) is 2.01. The predicted octanol–water partition coefficient (Wildman–Crippen LogP) is 0.0312. The van der Waals surface area contributed by atoms with Crippen molar-refractivity contribution < 1.29 is 31.2 Å². The van der Waals surface area contributed by atoms with Crippen molar-refractivity contribution in [1.29, 1.82) is 0 Å². The van der Waals surface area contributed by atoms with E-state index in [1.165, 1.54) is 0 Å². The van der Waals surface area contributed by atoms with Crippen LogP contribution in [0.3, 0.4) is 0 Å². The summed E-state index contributed by atoms with van der Waals surface area (Å²) in [5.74, 6) is -2.11. The minimum atomic E-state index is -4.53. The maximum absolute atomic E-state index is 11.6.